The first-order valence-corrected chi connectivity index (χ1v) is 2.61. The van der Waals surface area contributed by atoms with Crippen LogP contribution in [0.3, 0.4) is 0 Å². The number of carbonyl (C=O) groups excluding carboxylic acids is 1. The molecular formula is C5H11NO3. The number of aliphatic hydroxyl groups is 2. The molecular weight excluding hydrogens is 122 g/mol. The molecule has 0 saturated heterocycles. The molecule has 0 saturated carbocycles. The van der Waals surface area contributed by atoms with Gasteiger partial charge < -0.3 is 20.7 Å². The summed E-state index contributed by atoms with van der Waals surface area (Å²) < 4.78 is 0. The van der Waals surface area contributed by atoms with Gasteiger partial charge in [0.25, 0.3) is 0 Å². The molecule has 0 aromatic carbocycles. The van der Waals surface area contributed by atoms with Crippen molar-refractivity contribution in [3.8, 4) is 0 Å². The van der Waals surface area contributed by atoms with Gasteiger partial charge in [-0.05, 0) is 6.92 Å². The first kappa shape index (κ1) is 8.55. The first-order chi connectivity index (χ1) is 4.06. The van der Waals surface area contributed by atoms with E-state index in [2.05, 4.69) is 0 Å². The van der Waals surface area contributed by atoms with E-state index in [-0.39, 0.29) is 0 Å². The Morgan fingerprint density at radius 2 is 2.33 bits per heavy atom. The molecule has 0 spiro atoms. The summed E-state index contributed by atoms with van der Waals surface area (Å²) in [5.74, 6) is 0. The van der Waals surface area contributed by atoms with Gasteiger partial charge in [0.2, 0.25) is 0 Å². The molecule has 0 radical (unpaired) electrons. The zero-order valence-corrected chi connectivity index (χ0v) is 5.24. The molecule has 0 bridgehead atoms. The molecule has 0 heterocycles. The quantitative estimate of drug-likeness (QED) is 0.399. The standard InChI is InChI=1S/C5H11NO3/c1-4(9)5(6,2-7)3-8/h2,4,8-9H,3,6H2,1H3/t4?,5-/m0/s1. The molecule has 1 unspecified atom stereocenters. The fraction of sp³-hybridized carbons (Fsp3) is 0.800. The lowest BCUT2D eigenvalue weighted by Gasteiger charge is -2.22. The van der Waals surface area contributed by atoms with Gasteiger partial charge in [0.1, 0.15) is 11.8 Å². The van der Waals surface area contributed by atoms with Gasteiger partial charge in [-0.2, -0.15) is 0 Å². The fourth-order valence-corrected chi connectivity index (χ4v) is 0.268. The molecule has 0 aromatic rings. The van der Waals surface area contributed by atoms with Crippen molar-refractivity contribution in [1.82, 2.24) is 0 Å². The second kappa shape index (κ2) is 2.91. The Bertz CT molecular complexity index is 104. The van der Waals surface area contributed by atoms with E-state index in [4.69, 9.17) is 15.9 Å². The van der Waals surface area contributed by atoms with Crippen LogP contribution in [0.15, 0.2) is 0 Å². The van der Waals surface area contributed by atoms with E-state index in [9.17, 15) is 4.79 Å². The lowest BCUT2D eigenvalue weighted by atomic mass is 9.98. The number of carbonyl (C=O) groups is 1. The van der Waals surface area contributed by atoms with Crippen molar-refractivity contribution in [2.24, 2.45) is 5.73 Å². The van der Waals surface area contributed by atoms with Gasteiger partial charge in [0.15, 0.2) is 0 Å². The topological polar surface area (TPSA) is 83.5 Å². The number of aliphatic hydroxyl groups excluding tert-OH is 2. The zero-order valence-electron chi connectivity index (χ0n) is 5.24. The Hall–Kier alpha value is -0.450. The van der Waals surface area contributed by atoms with Gasteiger partial charge in [-0.3, -0.25) is 0 Å². The zero-order chi connectivity index (χ0) is 7.49. The van der Waals surface area contributed by atoms with Crippen LogP contribution in [-0.2, 0) is 4.79 Å². The molecule has 54 valence electrons. The fourth-order valence-electron chi connectivity index (χ4n) is 0.268. The predicted molar refractivity (Wildman–Crippen MR) is 31.7 cm³/mol. The van der Waals surface area contributed by atoms with E-state index in [1.807, 2.05) is 0 Å². The summed E-state index contributed by atoms with van der Waals surface area (Å²) in [4.78, 5) is 10.1. The Morgan fingerprint density at radius 1 is 1.89 bits per heavy atom. The van der Waals surface area contributed by atoms with Gasteiger partial charge >= 0.3 is 0 Å². The molecule has 0 rings (SSSR count). The van der Waals surface area contributed by atoms with Gasteiger partial charge in [0, 0.05) is 0 Å². The third-order valence-electron chi connectivity index (χ3n) is 1.27. The maximum absolute atomic E-state index is 10.1. The van der Waals surface area contributed by atoms with Crippen LogP contribution in [0.1, 0.15) is 6.92 Å². The van der Waals surface area contributed by atoms with Crippen molar-refractivity contribution < 1.29 is 15.0 Å². The highest BCUT2D eigenvalue weighted by molar-refractivity contribution is 5.65. The molecule has 0 aliphatic rings. The van der Waals surface area contributed by atoms with Crippen molar-refractivity contribution in [1.29, 1.82) is 0 Å². The van der Waals surface area contributed by atoms with Crippen molar-refractivity contribution in [3.05, 3.63) is 0 Å². The van der Waals surface area contributed by atoms with E-state index in [0.29, 0.717) is 6.29 Å². The minimum Gasteiger partial charge on any atom is -0.394 e. The van der Waals surface area contributed by atoms with E-state index < -0.39 is 18.2 Å². The molecule has 0 fully saturated rings. The molecule has 0 aromatic heterocycles. The van der Waals surface area contributed by atoms with Gasteiger partial charge in [0.05, 0.1) is 12.7 Å². The maximum atomic E-state index is 10.1. The van der Waals surface area contributed by atoms with Gasteiger partial charge in [-0.25, -0.2) is 0 Å². The van der Waals surface area contributed by atoms with Crippen molar-refractivity contribution in [3.63, 3.8) is 0 Å². The van der Waals surface area contributed by atoms with Crippen molar-refractivity contribution in [2.75, 3.05) is 6.61 Å². The van der Waals surface area contributed by atoms with Crippen LogP contribution in [0, 0.1) is 0 Å². The predicted octanol–water partition coefficient (Wildman–Crippen LogP) is -1.74. The third kappa shape index (κ3) is 1.74. The van der Waals surface area contributed by atoms with Gasteiger partial charge in [-0.1, -0.05) is 0 Å². The summed E-state index contributed by atoms with van der Waals surface area (Å²) in [5.41, 5.74) is 3.69. The number of hydrogen-bond donors (Lipinski definition) is 3. The van der Waals surface area contributed by atoms with Crippen LogP contribution in [0.2, 0.25) is 0 Å². The minimum absolute atomic E-state index is 0.345. The maximum Gasteiger partial charge on any atom is 0.144 e. The monoisotopic (exact) mass is 133 g/mol. The summed E-state index contributed by atoms with van der Waals surface area (Å²) in [6.45, 7) is 0.818. The van der Waals surface area contributed by atoms with Crippen molar-refractivity contribution in [2.45, 2.75) is 18.6 Å². The first-order valence-electron chi connectivity index (χ1n) is 2.61. The smallest absolute Gasteiger partial charge is 0.144 e. The number of nitrogens with two attached hydrogens (primary N) is 1. The second-order valence-corrected chi connectivity index (χ2v) is 2.06. The molecule has 4 heteroatoms. The SMILES string of the molecule is CC(O)[C@](N)(C=O)CO. The van der Waals surface area contributed by atoms with Crippen LogP contribution < -0.4 is 5.73 Å². The molecule has 0 aliphatic heterocycles. The molecule has 0 amide bonds. The van der Waals surface area contributed by atoms with Crippen LogP contribution in [0.25, 0.3) is 0 Å². The number of rotatable bonds is 3. The van der Waals surface area contributed by atoms with Crippen LogP contribution >= 0.6 is 0 Å². The largest absolute Gasteiger partial charge is 0.394 e. The van der Waals surface area contributed by atoms with Crippen LogP contribution in [0.5, 0.6) is 0 Å². The lowest BCUT2D eigenvalue weighted by molar-refractivity contribution is -0.117. The Labute approximate surface area is 53.3 Å². The second-order valence-electron chi connectivity index (χ2n) is 2.06. The van der Waals surface area contributed by atoms with E-state index in [0.717, 1.165) is 0 Å². The highest BCUT2D eigenvalue weighted by Crippen LogP contribution is 2.00. The lowest BCUT2D eigenvalue weighted by Crippen LogP contribution is -2.54. The third-order valence-corrected chi connectivity index (χ3v) is 1.27. The van der Waals surface area contributed by atoms with E-state index in [1.54, 1.807) is 0 Å². The number of hydrogen-bond acceptors (Lipinski definition) is 4. The van der Waals surface area contributed by atoms with Crippen LogP contribution in [0.4, 0.5) is 0 Å². The summed E-state index contributed by atoms with van der Waals surface area (Å²) in [7, 11) is 0. The summed E-state index contributed by atoms with van der Waals surface area (Å²) in [6.07, 6.45) is -0.669. The molecule has 4 nitrogen and oxygen atoms in total. The Kier molecular flexibility index (Phi) is 2.76. The summed E-state index contributed by atoms with van der Waals surface area (Å²) in [6, 6.07) is 0. The average molecular weight is 133 g/mol. The highest BCUT2D eigenvalue weighted by Gasteiger charge is 2.28. The molecule has 0 aliphatic carbocycles. The van der Waals surface area contributed by atoms with E-state index in [1.165, 1.54) is 6.92 Å². The van der Waals surface area contributed by atoms with Gasteiger partial charge in [-0.15, -0.1) is 0 Å². The molecule has 9 heavy (non-hydrogen) atoms. The average Bonchev–Trinajstić information content (AvgIpc) is 1.86. The highest BCUT2D eigenvalue weighted by atomic mass is 16.3. The molecule has 2 atom stereocenters. The Balaban J connectivity index is 4.08. The normalized spacial score (nSPS) is 20.4. The number of aldehydes is 1. The summed E-state index contributed by atoms with van der Waals surface area (Å²) >= 11 is 0. The minimum atomic E-state index is -1.49. The van der Waals surface area contributed by atoms with E-state index >= 15 is 0 Å². The molecule has 4 N–H and O–H groups in total. The summed E-state index contributed by atoms with van der Waals surface area (Å²) in [5, 5.41) is 17.2. The van der Waals surface area contributed by atoms with Crippen molar-refractivity contribution >= 4 is 6.29 Å². The van der Waals surface area contributed by atoms with Crippen LogP contribution in [-0.4, -0.2) is 34.7 Å². The Morgan fingerprint density at radius 3 is 2.33 bits per heavy atom.